The van der Waals surface area contributed by atoms with Crippen molar-refractivity contribution in [1.82, 2.24) is 9.80 Å². The first kappa shape index (κ1) is 14.7. The molecule has 1 unspecified atom stereocenters. The highest BCUT2D eigenvalue weighted by Crippen LogP contribution is 2.41. The van der Waals surface area contributed by atoms with E-state index in [4.69, 9.17) is 11.6 Å². The number of carbonyl (C=O) groups is 2. The van der Waals surface area contributed by atoms with E-state index in [9.17, 15) is 9.59 Å². The van der Waals surface area contributed by atoms with Gasteiger partial charge in [-0.15, -0.1) is 11.8 Å². The summed E-state index contributed by atoms with van der Waals surface area (Å²) in [6, 6.07) is 7.52. The molecule has 0 spiro atoms. The van der Waals surface area contributed by atoms with Crippen LogP contribution in [0, 0.1) is 0 Å². The third-order valence-corrected chi connectivity index (χ3v) is 5.49. The van der Waals surface area contributed by atoms with Crippen molar-refractivity contribution in [3.63, 3.8) is 0 Å². The molecule has 0 bridgehead atoms. The Balaban J connectivity index is 1.76. The van der Waals surface area contributed by atoms with Crippen molar-refractivity contribution in [2.45, 2.75) is 18.2 Å². The molecule has 1 aromatic rings. The van der Waals surface area contributed by atoms with Crippen LogP contribution in [0.5, 0.6) is 0 Å². The number of amides is 2. The minimum absolute atomic E-state index is 0.0115. The van der Waals surface area contributed by atoms with E-state index < -0.39 is 0 Å². The predicted molar refractivity (Wildman–Crippen MR) is 84.2 cm³/mol. The number of rotatable bonds is 3. The van der Waals surface area contributed by atoms with E-state index in [2.05, 4.69) is 0 Å². The molecule has 3 rings (SSSR count). The van der Waals surface area contributed by atoms with E-state index in [0.717, 1.165) is 31.5 Å². The lowest BCUT2D eigenvalue weighted by molar-refractivity contribution is -0.138. The Kier molecular flexibility index (Phi) is 4.40. The molecule has 2 amide bonds. The maximum Gasteiger partial charge on any atom is 0.242 e. The molecule has 0 radical (unpaired) electrons. The second-order valence-electron chi connectivity index (χ2n) is 5.29. The summed E-state index contributed by atoms with van der Waals surface area (Å²) in [5.74, 6) is 0.460. The van der Waals surface area contributed by atoms with Gasteiger partial charge < -0.3 is 9.80 Å². The molecule has 0 aliphatic carbocycles. The first-order valence-corrected chi connectivity index (χ1v) is 8.53. The molecule has 4 nitrogen and oxygen atoms in total. The number of thioether (sulfide) groups is 1. The molecule has 0 N–H and O–H groups in total. The van der Waals surface area contributed by atoms with Crippen LogP contribution in [0.15, 0.2) is 24.3 Å². The smallest absolute Gasteiger partial charge is 0.242 e. The van der Waals surface area contributed by atoms with Gasteiger partial charge in [-0.05, 0) is 18.9 Å². The molecule has 21 heavy (non-hydrogen) atoms. The van der Waals surface area contributed by atoms with Crippen molar-refractivity contribution >= 4 is 35.2 Å². The molecule has 1 aromatic carbocycles. The third-order valence-electron chi connectivity index (χ3n) is 3.90. The Hall–Kier alpha value is -1.20. The van der Waals surface area contributed by atoms with Gasteiger partial charge in [0.2, 0.25) is 11.8 Å². The molecule has 2 aliphatic heterocycles. The minimum Gasteiger partial charge on any atom is -0.341 e. The summed E-state index contributed by atoms with van der Waals surface area (Å²) in [4.78, 5) is 27.9. The Bertz CT molecular complexity index is 560. The number of hydrogen-bond donors (Lipinski definition) is 0. The Morgan fingerprint density at radius 3 is 2.71 bits per heavy atom. The fraction of sp³-hybridized carbons (Fsp3) is 0.467. The molecule has 2 aliphatic rings. The van der Waals surface area contributed by atoms with Crippen LogP contribution in [0.1, 0.15) is 23.8 Å². The van der Waals surface area contributed by atoms with Crippen molar-refractivity contribution in [2.24, 2.45) is 0 Å². The Morgan fingerprint density at radius 1 is 1.29 bits per heavy atom. The fourth-order valence-corrected chi connectivity index (χ4v) is 4.30. The topological polar surface area (TPSA) is 40.6 Å². The molecule has 6 heteroatoms. The predicted octanol–water partition coefficient (Wildman–Crippen LogP) is 2.54. The average molecular weight is 325 g/mol. The first-order valence-electron chi connectivity index (χ1n) is 7.10. The molecule has 0 aromatic heterocycles. The highest BCUT2D eigenvalue weighted by molar-refractivity contribution is 8.00. The van der Waals surface area contributed by atoms with Crippen LogP contribution in [-0.2, 0) is 9.59 Å². The molecule has 112 valence electrons. The SMILES string of the molecule is O=C(CN1C(=O)CSC1c1ccccc1Cl)N1CCCC1. The van der Waals surface area contributed by atoms with Gasteiger partial charge in [-0.3, -0.25) is 9.59 Å². The van der Waals surface area contributed by atoms with E-state index >= 15 is 0 Å². The summed E-state index contributed by atoms with van der Waals surface area (Å²) in [6.45, 7) is 1.78. The average Bonchev–Trinajstić information content (AvgIpc) is 3.11. The molecule has 2 fully saturated rings. The van der Waals surface area contributed by atoms with Gasteiger partial charge in [0.25, 0.3) is 0 Å². The monoisotopic (exact) mass is 324 g/mol. The summed E-state index contributed by atoms with van der Waals surface area (Å²) in [6.07, 6.45) is 2.12. The number of hydrogen-bond acceptors (Lipinski definition) is 3. The number of benzene rings is 1. The van der Waals surface area contributed by atoms with Crippen molar-refractivity contribution in [2.75, 3.05) is 25.4 Å². The molecule has 1 atom stereocenters. The van der Waals surface area contributed by atoms with Gasteiger partial charge in [0.05, 0.1) is 5.75 Å². The number of likely N-dealkylation sites (tertiary alicyclic amines) is 1. The zero-order valence-electron chi connectivity index (χ0n) is 11.6. The zero-order valence-corrected chi connectivity index (χ0v) is 13.2. The lowest BCUT2D eigenvalue weighted by atomic mass is 10.2. The van der Waals surface area contributed by atoms with Crippen LogP contribution >= 0.6 is 23.4 Å². The minimum atomic E-state index is -0.155. The summed E-state index contributed by atoms with van der Waals surface area (Å²) < 4.78 is 0. The van der Waals surface area contributed by atoms with E-state index in [1.807, 2.05) is 29.2 Å². The number of carbonyl (C=O) groups excluding carboxylic acids is 2. The van der Waals surface area contributed by atoms with Crippen molar-refractivity contribution in [1.29, 1.82) is 0 Å². The van der Waals surface area contributed by atoms with Crippen LogP contribution < -0.4 is 0 Å². The molecule has 0 saturated carbocycles. The van der Waals surface area contributed by atoms with E-state index in [1.54, 1.807) is 4.90 Å². The van der Waals surface area contributed by atoms with Gasteiger partial charge in [0.1, 0.15) is 11.9 Å². The number of halogens is 1. The normalized spacial score (nSPS) is 22.1. The zero-order chi connectivity index (χ0) is 14.8. The lowest BCUT2D eigenvalue weighted by Crippen LogP contribution is -2.40. The maximum atomic E-state index is 12.3. The van der Waals surface area contributed by atoms with Crippen LogP contribution in [0.3, 0.4) is 0 Å². The molecular weight excluding hydrogens is 308 g/mol. The molecule has 2 saturated heterocycles. The highest BCUT2D eigenvalue weighted by atomic mass is 35.5. The van der Waals surface area contributed by atoms with Crippen molar-refractivity contribution in [3.8, 4) is 0 Å². The Labute approximate surface area is 133 Å². The standard InChI is InChI=1S/C15H17ClN2O2S/c16-12-6-2-1-5-11(12)15-18(14(20)10-21-15)9-13(19)17-7-3-4-8-17/h1-2,5-6,15H,3-4,7-10H2. The van der Waals surface area contributed by atoms with Gasteiger partial charge in [0, 0.05) is 23.7 Å². The van der Waals surface area contributed by atoms with Gasteiger partial charge in [-0.25, -0.2) is 0 Å². The quantitative estimate of drug-likeness (QED) is 0.858. The summed E-state index contributed by atoms with van der Waals surface area (Å²) in [7, 11) is 0. The van der Waals surface area contributed by atoms with Crippen LogP contribution in [0.25, 0.3) is 0 Å². The van der Waals surface area contributed by atoms with E-state index in [0.29, 0.717) is 10.8 Å². The van der Waals surface area contributed by atoms with Gasteiger partial charge >= 0.3 is 0 Å². The van der Waals surface area contributed by atoms with Crippen molar-refractivity contribution < 1.29 is 9.59 Å². The summed E-state index contributed by atoms with van der Waals surface area (Å²) >= 11 is 7.77. The summed E-state index contributed by atoms with van der Waals surface area (Å²) in [5, 5.41) is 0.487. The van der Waals surface area contributed by atoms with Crippen LogP contribution in [0.4, 0.5) is 0 Å². The van der Waals surface area contributed by atoms with Gasteiger partial charge in [-0.1, -0.05) is 29.8 Å². The highest BCUT2D eigenvalue weighted by Gasteiger charge is 2.36. The second kappa shape index (κ2) is 6.28. The first-order chi connectivity index (χ1) is 10.2. The largest absolute Gasteiger partial charge is 0.341 e. The molecule has 2 heterocycles. The van der Waals surface area contributed by atoms with E-state index in [-0.39, 0.29) is 23.7 Å². The lowest BCUT2D eigenvalue weighted by Gasteiger charge is -2.26. The van der Waals surface area contributed by atoms with Gasteiger partial charge in [0.15, 0.2) is 0 Å². The van der Waals surface area contributed by atoms with E-state index in [1.165, 1.54) is 11.8 Å². The van der Waals surface area contributed by atoms with Crippen LogP contribution in [0.2, 0.25) is 5.02 Å². The Morgan fingerprint density at radius 2 is 2.00 bits per heavy atom. The maximum absolute atomic E-state index is 12.3. The van der Waals surface area contributed by atoms with Gasteiger partial charge in [-0.2, -0.15) is 0 Å². The van der Waals surface area contributed by atoms with Crippen molar-refractivity contribution in [3.05, 3.63) is 34.9 Å². The summed E-state index contributed by atoms with van der Waals surface area (Å²) in [5.41, 5.74) is 0.907. The van der Waals surface area contributed by atoms with Crippen LogP contribution in [-0.4, -0.2) is 47.0 Å². The third kappa shape index (κ3) is 3.04. The fourth-order valence-electron chi connectivity index (χ4n) is 2.77. The second-order valence-corrected chi connectivity index (χ2v) is 6.77. The number of nitrogens with zero attached hydrogens (tertiary/aromatic N) is 2. The molecular formula is C15H17ClN2O2S.